The van der Waals surface area contributed by atoms with Crippen molar-refractivity contribution in [3.8, 4) is 0 Å². The second-order valence-electron chi connectivity index (χ2n) is 5.19. The molecule has 0 bridgehead atoms. The van der Waals surface area contributed by atoms with Crippen LogP contribution in [0.15, 0.2) is 23.1 Å². The lowest BCUT2D eigenvalue weighted by molar-refractivity contribution is -0.145. The molecule has 0 spiro atoms. The highest BCUT2D eigenvalue weighted by molar-refractivity contribution is 7.91. The fourth-order valence-corrected chi connectivity index (χ4v) is 3.40. The van der Waals surface area contributed by atoms with Crippen molar-refractivity contribution < 1.29 is 18.3 Å². The SMILES string of the molecule is Cc1ccc(S(=O)(=O)CC(C)(C)C(=O)O)cc1C. The molecule has 1 rings (SSSR count). The van der Waals surface area contributed by atoms with Crippen LogP contribution in [0.5, 0.6) is 0 Å². The number of aryl methyl sites for hydroxylation is 2. The highest BCUT2D eigenvalue weighted by Crippen LogP contribution is 2.24. The Labute approximate surface area is 108 Å². The molecule has 0 aliphatic carbocycles. The molecule has 18 heavy (non-hydrogen) atoms. The Bertz CT molecular complexity index is 571. The third-order valence-corrected chi connectivity index (χ3v) is 5.04. The Morgan fingerprint density at radius 1 is 1.22 bits per heavy atom. The summed E-state index contributed by atoms with van der Waals surface area (Å²) in [6, 6.07) is 4.84. The van der Waals surface area contributed by atoms with E-state index in [9.17, 15) is 13.2 Å². The number of hydrogen-bond donors (Lipinski definition) is 1. The molecule has 0 fully saturated rings. The third-order valence-electron chi connectivity index (χ3n) is 2.97. The maximum absolute atomic E-state index is 12.2. The van der Waals surface area contributed by atoms with Crippen molar-refractivity contribution in [3.05, 3.63) is 29.3 Å². The number of carboxylic acids is 1. The summed E-state index contributed by atoms with van der Waals surface area (Å²) in [5.74, 6) is -1.52. The fraction of sp³-hybridized carbons (Fsp3) is 0.462. The number of hydrogen-bond acceptors (Lipinski definition) is 3. The molecule has 0 aliphatic heterocycles. The normalized spacial score (nSPS) is 12.4. The predicted molar refractivity (Wildman–Crippen MR) is 69.4 cm³/mol. The molecule has 1 aromatic rings. The summed E-state index contributed by atoms with van der Waals surface area (Å²) >= 11 is 0. The molecule has 0 atom stereocenters. The number of benzene rings is 1. The van der Waals surface area contributed by atoms with Gasteiger partial charge in [0.25, 0.3) is 0 Å². The Morgan fingerprint density at radius 2 is 1.78 bits per heavy atom. The summed E-state index contributed by atoms with van der Waals surface area (Å²) < 4.78 is 24.3. The Balaban J connectivity index is 3.15. The molecule has 5 heteroatoms. The van der Waals surface area contributed by atoms with E-state index in [0.717, 1.165) is 11.1 Å². The van der Waals surface area contributed by atoms with Gasteiger partial charge >= 0.3 is 5.97 Å². The maximum atomic E-state index is 12.2. The van der Waals surface area contributed by atoms with Gasteiger partial charge in [-0.1, -0.05) is 6.07 Å². The zero-order valence-corrected chi connectivity index (χ0v) is 11.8. The number of carbonyl (C=O) groups is 1. The van der Waals surface area contributed by atoms with Crippen LogP contribution < -0.4 is 0 Å². The van der Waals surface area contributed by atoms with Crippen molar-refractivity contribution in [2.45, 2.75) is 32.6 Å². The van der Waals surface area contributed by atoms with E-state index in [1.807, 2.05) is 13.8 Å². The summed E-state index contributed by atoms with van der Waals surface area (Å²) in [5, 5.41) is 8.99. The van der Waals surface area contributed by atoms with E-state index in [-0.39, 0.29) is 4.90 Å². The largest absolute Gasteiger partial charge is 0.481 e. The monoisotopic (exact) mass is 270 g/mol. The van der Waals surface area contributed by atoms with E-state index in [0.29, 0.717) is 0 Å². The van der Waals surface area contributed by atoms with Crippen molar-refractivity contribution in [1.82, 2.24) is 0 Å². The summed E-state index contributed by atoms with van der Waals surface area (Å²) in [6.07, 6.45) is 0. The van der Waals surface area contributed by atoms with Crippen molar-refractivity contribution >= 4 is 15.8 Å². The molecule has 1 aromatic carbocycles. The molecule has 0 saturated heterocycles. The zero-order chi connectivity index (χ0) is 14.1. The smallest absolute Gasteiger partial charge is 0.310 e. The maximum Gasteiger partial charge on any atom is 0.310 e. The molecule has 100 valence electrons. The van der Waals surface area contributed by atoms with Crippen LogP contribution in [-0.2, 0) is 14.6 Å². The summed E-state index contributed by atoms with van der Waals surface area (Å²) in [4.78, 5) is 11.2. The van der Waals surface area contributed by atoms with Gasteiger partial charge in [-0.2, -0.15) is 0 Å². The van der Waals surface area contributed by atoms with Gasteiger partial charge in [0.05, 0.1) is 16.1 Å². The van der Waals surface area contributed by atoms with E-state index in [4.69, 9.17) is 5.11 Å². The molecule has 0 amide bonds. The lowest BCUT2D eigenvalue weighted by Gasteiger charge is -2.19. The Morgan fingerprint density at radius 3 is 2.22 bits per heavy atom. The minimum atomic E-state index is -3.58. The molecule has 1 N–H and O–H groups in total. The second-order valence-corrected chi connectivity index (χ2v) is 7.18. The van der Waals surface area contributed by atoms with Crippen LogP contribution in [-0.4, -0.2) is 25.2 Å². The molecular formula is C13H18O4S. The quantitative estimate of drug-likeness (QED) is 0.910. The van der Waals surface area contributed by atoms with Crippen molar-refractivity contribution in [2.75, 3.05) is 5.75 Å². The van der Waals surface area contributed by atoms with Gasteiger partial charge < -0.3 is 5.11 Å². The van der Waals surface area contributed by atoms with Gasteiger partial charge in [0, 0.05) is 0 Å². The first-order valence-electron chi connectivity index (χ1n) is 5.60. The zero-order valence-electron chi connectivity index (χ0n) is 11.0. The van der Waals surface area contributed by atoms with E-state index < -0.39 is 27.0 Å². The van der Waals surface area contributed by atoms with Gasteiger partial charge in [0.1, 0.15) is 0 Å². The van der Waals surface area contributed by atoms with Crippen LogP contribution in [0.1, 0.15) is 25.0 Å². The second kappa shape index (κ2) is 4.72. The topological polar surface area (TPSA) is 71.4 Å². The third kappa shape index (κ3) is 3.10. The fourth-order valence-electron chi connectivity index (χ4n) is 1.53. The standard InChI is InChI=1S/C13H18O4S/c1-9-5-6-11(7-10(9)2)18(16,17)8-13(3,4)12(14)15/h5-7H,8H2,1-4H3,(H,14,15). The minimum Gasteiger partial charge on any atom is -0.481 e. The molecule has 4 nitrogen and oxygen atoms in total. The summed E-state index contributed by atoms with van der Waals surface area (Å²) in [6.45, 7) is 6.55. The highest BCUT2D eigenvalue weighted by atomic mass is 32.2. The Hall–Kier alpha value is -1.36. The van der Waals surface area contributed by atoms with Gasteiger partial charge in [0.15, 0.2) is 9.84 Å². The first-order chi connectivity index (χ1) is 8.06. The molecule has 0 radical (unpaired) electrons. The number of sulfone groups is 1. The lowest BCUT2D eigenvalue weighted by atomic mass is 9.97. The van der Waals surface area contributed by atoms with Crippen LogP contribution in [0.4, 0.5) is 0 Å². The molecule has 0 heterocycles. The predicted octanol–water partition coefficient (Wildman–Crippen LogP) is 2.19. The molecule has 0 aromatic heterocycles. The van der Waals surface area contributed by atoms with Gasteiger partial charge in [-0.25, -0.2) is 8.42 Å². The molecule has 0 aliphatic rings. The average molecular weight is 270 g/mol. The average Bonchev–Trinajstić information content (AvgIpc) is 2.20. The molecular weight excluding hydrogens is 252 g/mol. The first-order valence-corrected chi connectivity index (χ1v) is 7.25. The Kier molecular flexibility index (Phi) is 3.86. The van der Waals surface area contributed by atoms with Gasteiger partial charge in [0.2, 0.25) is 0 Å². The van der Waals surface area contributed by atoms with Gasteiger partial charge in [-0.3, -0.25) is 4.79 Å². The van der Waals surface area contributed by atoms with Crippen LogP contribution in [0.2, 0.25) is 0 Å². The van der Waals surface area contributed by atoms with Crippen LogP contribution in [0, 0.1) is 19.3 Å². The van der Waals surface area contributed by atoms with Crippen molar-refractivity contribution in [1.29, 1.82) is 0 Å². The van der Waals surface area contributed by atoms with E-state index in [1.165, 1.54) is 19.9 Å². The number of rotatable bonds is 4. The minimum absolute atomic E-state index is 0.180. The number of carboxylic acid groups (broad SMARTS) is 1. The molecule has 0 unspecified atom stereocenters. The van der Waals surface area contributed by atoms with Gasteiger partial charge in [-0.15, -0.1) is 0 Å². The van der Waals surface area contributed by atoms with Crippen LogP contribution in [0.3, 0.4) is 0 Å². The summed E-state index contributed by atoms with van der Waals surface area (Å²) in [7, 11) is -3.58. The highest BCUT2D eigenvalue weighted by Gasteiger charge is 2.34. The van der Waals surface area contributed by atoms with Crippen LogP contribution >= 0.6 is 0 Å². The summed E-state index contributed by atoms with van der Waals surface area (Å²) in [5.41, 5.74) is 0.591. The lowest BCUT2D eigenvalue weighted by Crippen LogP contribution is -2.32. The number of aliphatic carboxylic acids is 1. The van der Waals surface area contributed by atoms with E-state index in [2.05, 4.69) is 0 Å². The van der Waals surface area contributed by atoms with E-state index in [1.54, 1.807) is 12.1 Å². The molecule has 0 saturated carbocycles. The van der Waals surface area contributed by atoms with Crippen molar-refractivity contribution in [2.24, 2.45) is 5.41 Å². The van der Waals surface area contributed by atoms with E-state index >= 15 is 0 Å². The van der Waals surface area contributed by atoms with Gasteiger partial charge in [-0.05, 0) is 51.0 Å². The van der Waals surface area contributed by atoms with Crippen LogP contribution in [0.25, 0.3) is 0 Å². The first kappa shape index (κ1) is 14.7. The van der Waals surface area contributed by atoms with Crippen molar-refractivity contribution in [3.63, 3.8) is 0 Å².